The lowest BCUT2D eigenvalue weighted by atomic mass is 10.0. The summed E-state index contributed by atoms with van der Waals surface area (Å²) in [5.41, 5.74) is 6.58. The topological polar surface area (TPSA) is 12.4 Å². The van der Waals surface area contributed by atoms with Crippen LogP contribution in [0.1, 0.15) is 45.6 Å². The van der Waals surface area contributed by atoms with Crippen LogP contribution in [0.2, 0.25) is 0 Å². The van der Waals surface area contributed by atoms with Crippen molar-refractivity contribution in [3.8, 4) is 11.1 Å². The van der Waals surface area contributed by atoms with Crippen LogP contribution < -0.4 is 0 Å². The molecule has 0 radical (unpaired) electrons. The van der Waals surface area contributed by atoms with Gasteiger partial charge in [-0.25, -0.2) is 0 Å². The second kappa shape index (κ2) is 11.3. The molecule has 0 unspecified atom stereocenters. The molecular weight excluding hydrogens is 314 g/mol. The van der Waals surface area contributed by atoms with Crippen molar-refractivity contribution >= 4 is 6.21 Å². The fraction of sp³-hybridized carbons (Fsp3) is 0.320. The molecular formula is C25H31N. The molecule has 0 fully saturated rings. The lowest BCUT2D eigenvalue weighted by molar-refractivity contribution is 0.688. The molecule has 0 bridgehead atoms. The Labute approximate surface area is 159 Å². The maximum atomic E-state index is 4.48. The number of unbranched alkanes of at least 4 members (excludes halogenated alkanes) is 2. The SMILES string of the molecule is CC(C)=C/C(C)=C\C=NCCCCCc1ccc(-c2ccccc2)cc1. The number of nitrogens with zero attached hydrogens (tertiary/aromatic N) is 1. The molecule has 26 heavy (non-hydrogen) atoms. The van der Waals surface area contributed by atoms with Gasteiger partial charge in [-0.1, -0.05) is 72.7 Å². The van der Waals surface area contributed by atoms with Crippen molar-refractivity contribution in [2.75, 3.05) is 6.54 Å². The monoisotopic (exact) mass is 345 g/mol. The molecule has 0 aliphatic heterocycles. The predicted molar refractivity (Wildman–Crippen MR) is 116 cm³/mol. The standard InChI is InChI=1S/C25H31N/c1-21(2)20-22(3)17-19-26-18-9-5-6-10-23-13-15-25(16-14-23)24-11-7-4-8-12-24/h4,7-8,11-17,19-20H,5-6,9-10,18H2,1-3H3/b22-17-,26-19?. The molecule has 0 spiro atoms. The number of benzene rings is 2. The van der Waals surface area contributed by atoms with Crippen molar-refractivity contribution in [3.63, 3.8) is 0 Å². The molecule has 0 amide bonds. The first-order valence-electron chi connectivity index (χ1n) is 9.61. The summed E-state index contributed by atoms with van der Waals surface area (Å²) in [4.78, 5) is 4.48. The van der Waals surface area contributed by atoms with Gasteiger partial charge in [-0.15, -0.1) is 0 Å². The lowest BCUT2D eigenvalue weighted by Crippen LogP contribution is -1.88. The van der Waals surface area contributed by atoms with E-state index in [1.807, 2.05) is 6.21 Å². The summed E-state index contributed by atoms with van der Waals surface area (Å²) in [6.45, 7) is 7.26. The second-order valence-electron chi connectivity index (χ2n) is 7.06. The Bertz CT molecular complexity index is 729. The Morgan fingerprint density at radius 3 is 2.19 bits per heavy atom. The fourth-order valence-corrected chi connectivity index (χ4v) is 2.95. The molecule has 2 aromatic rings. The minimum Gasteiger partial charge on any atom is -0.293 e. The number of aryl methyl sites for hydroxylation is 1. The minimum atomic E-state index is 0.922. The van der Waals surface area contributed by atoms with E-state index in [9.17, 15) is 0 Å². The highest BCUT2D eigenvalue weighted by molar-refractivity contribution is 5.72. The van der Waals surface area contributed by atoms with Gasteiger partial charge in [0.25, 0.3) is 0 Å². The van der Waals surface area contributed by atoms with Gasteiger partial charge in [0.1, 0.15) is 0 Å². The average Bonchev–Trinajstić information content (AvgIpc) is 2.64. The average molecular weight is 346 g/mol. The van der Waals surface area contributed by atoms with Crippen LogP contribution in [0, 0.1) is 0 Å². The first kappa shape index (κ1) is 19.9. The normalized spacial score (nSPS) is 11.7. The van der Waals surface area contributed by atoms with Gasteiger partial charge in [0.2, 0.25) is 0 Å². The Kier molecular flexibility index (Phi) is 8.62. The smallest absolute Gasteiger partial charge is 0.0389 e. The molecule has 0 saturated heterocycles. The van der Waals surface area contributed by atoms with Gasteiger partial charge < -0.3 is 0 Å². The summed E-state index contributed by atoms with van der Waals surface area (Å²) < 4.78 is 0. The van der Waals surface area contributed by atoms with Crippen LogP contribution in [0.25, 0.3) is 11.1 Å². The molecule has 1 nitrogen and oxygen atoms in total. The van der Waals surface area contributed by atoms with Gasteiger partial charge >= 0.3 is 0 Å². The van der Waals surface area contributed by atoms with Crippen LogP contribution in [-0.2, 0) is 6.42 Å². The van der Waals surface area contributed by atoms with E-state index in [0.29, 0.717) is 0 Å². The third-order valence-electron chi connectivity index (χ3n) is 4.27. The largest absolute Gasteiger partial charge is 0.293 e. The fourth-order valence-electron chi connectivity index (χ4n) is 2.95. The Hall–Kier alpha value is -2.41. The molecule has 0 aliphatic rings. The van der Waals surface area contributed by atoms with E-state index in [2.05, 4.69) is 92.5 Å². The number of allylic oxidation sites excluding steroid dienone is 4. The molecule has 0 N–H and O–H groups in total. The highest BCUT2D eigenvalue weighted by Gasteiger charge is 1.98. The number of hydrogen-bond acceptors (Lipinski definition) is 1. The molecule has 0 saturated carbocycles. The van der Waals surface area contributed by atoms with E-state index in [-0.39, 0.29) is 0 Å². The molecule has 0 aliphatic carbocycles. The van der Waals surface area contributed by atoms with E-state index in [0.717, 1.165) is 19.4 Å². The molecule has 2 rings (SSSR count). The van der Waals surface area contributed by atoms with E-state index in [1.54, 1.807) is 0 Å². The van der Waals surface area contributed by atoms with Gasteiger partial charge in [-0.3, -0.25) is 4.99 Å². The van der Waals surface area contributed by atoms with Crippen molar-refractivity contribution in [2.24, 2.45) is 4.99 Å². The summed E-state index contributed by atoms with van der Waals surface area (Å²) in [7, 11) is 0. The Balaban J connectivity index is 1.65. The third kappa shape index (κ3) is 7.65. The van der Waals surface area contributed by atoms with Gasteiger partial charge in [0, 0.05) is 12.8 Å². The van der Waals surface area contributed by atoms with Crippen molar-refractivity contribution in [1.82, 2.24) is 0 Å². The first-order chi connectivity index (χ1) is 12.6. The maximum absolute atomic E-state index is 4.48. The van der Waals surface area contributed by atoms with Gasteiger partial charge in [-0.05, 0) is 68.4 Å². The number of rotatable bonds is 9. The third-order valence-corrected chi connectivity index (χ3v) is 4.27. The first-order valence-corrected chi connectivity index (χ1v) is 9.61. The van der Waals surface area contributed by atoms with Gasteiger partial charge in [0.05, 0.1) is 0 Å². The zero-order valence-corrected chi connectivity index (χ0v) is 16.4. The van der Waals surface area contributed by atoms with Crippen LogP contribution in [0.3, 0.4) is 0 Å². The molecule has 136 valence electrons. The van der Waals surface area contributed by atoms with Crippen molar-refractivity contribution in [1.29, 1.82) is 0 Å². The van der Waals surface area contributed by atoms with Gasteiger partial charge in [0.15, 0.2) is 0 Å². The molecule has 0 aromatic heterocycles. The molecule has 0 atom stereocenters. The maximum Gasteiger partial charge on any atom is 0.0389 e. The lowest BCUT2D eigenvalue weighted by Gasteiger charge is -2.04. The second-order valence-corrected chi connectivity index (χ2v) is 7.06. The summed E-state index contributed by atoms with van der Waals surface area (Å²) >= 11 is 0. The van der Waals surface area contributed by atoms with Crippen molar-refractivity contribution in [2.45, 2.75) is 46.5 Å². The summed E-state index contributed by atoms with van der Waals surface area (Å²) in [5, 5.41) is 0. The van der Waals surface area contributed by atoms with Crippen LogP contribution >= 0.6 is 0 Å². The highest BCUT2D eigenvalue weighted by atomic mass is 14.7. The highest BCUT2D eigenvalue weighted by Crippen LogP contribution is 2.20. The number of hydrogen-bond donors (Lipinski definition) is 0. The Morgan fingerprint density at radius 2 is 1.50 bits per heavy atom. The van der Waals surface area contributed by atoms with Crippen LogP contribution in [0.4, 0.5) is 0 Å². The van der Waals surface area contributed by atoms with E-state index in [1.165, 1.54) is 40.7 Å². The van der Waals surface area contributed by atoms with Crippen molar-refractivity contribution in [3.05, 3.63) is 83.5 Å². The van der Waals surface area contributed by atoms with Crippen LogP contribution in [-0.4, -0.2) is 12.8 Å². The quantitative estimate of drug-likeness (QED) is 0.262. The van der Waals surface area contributed by atoms with Crippen LogP contribution in [0.5, 0.6) is 0 Å². The molecule has 2 aromatic carbocycles. The van der Waals surface area contributed by atoms with Crippen molar-refractivity contribution < 1.29 is 0 Å². The zero-order valence-electron chi connectivity index (χ0n) is 16.4. The zero-order chi connectivity index (χ0) is 18.6. The molecule has 1 heteroatoms. The Morgan fingerprint density at radius 1 is 0.808 bits per heavy atom. The molecule has 0 heterocycles. The van der Waals surface area contributed by atoms with E-state index >= 15 is 0 Å². The minimum absolute atomic E-state index is 0.922. The summed E-state index contributed by atoms with van der Waals surface area (Å²) in [6.07, 6.45) is 11.0. The number of aliphatic imine (C=N–C) groups is 1. The van der Waals surface area contributed by atoms with Gasteiger partial charge in [-0.2, -0.15) is 0 Å². The van der Waals surface area contributed by atoms with E-state index < -0.39 is 0 Å². The summed E-state index contributed by atoms with van der Waals surface area (Å²) in [6, 6.07) is 19.5. The van der Waals surface area contributed by atoms with Crippen LogP contribution in [0.15, 0.2) is 82.9 Å². The summed E-state index contributed by atoms with van der Waals surface area (Å²) in [5.74, 6) is 0. The van der Waals surface area contributed by atoms with E-state index in [4.69, 9.17) is 0 Å². The predicted octanol–water partition coefficient (Wildman–Crippen LogP) is 7.05.